The molecule has 1 aliphatic heterocycles. The molecule has 1 rings (SSSR count). The van der Waals surface area contributed by atoms with Crippen LogP contribution in [0, 0.1) is 5.41 Å². The average molecular weight is 242 g/mol. The summed E-state index contributed by atoms with van der Waals surface area (Å²) in [7, 11) is 0. The molecular formula is C12H26N4O. The molecule has 1 heterocycles. The van der Waals surface area contributed by atoms with Crippen molar-refractivity contribution in [3.8, 4) is 0 Å². The number of hydrogen-bond acceptors (Lipinski definition) is 4. The van der Waals surface area contributed by atoms with Crippen molar-refractivity contribution < 1.29 is 5.21 Å². The lowest BCUT2D eigenvalue weighted by atomic mass is 9.92. The summed E-state index contributed by atoms with van der Waals surface area (Å²) in [5.74, 6) is 0.299. The van der Waals surface area contributed by atoms with Gasteiger partial charge in [-0.3, -0.25) is 4.90 Å². The lowest BCUT2D eigenvalue weighted by molar-refractivity contribution is 0.131. The van der Waals surface area contributed by atoms with Crippen molar-refractivity contribution in [1.29, 1.82) is 0 Å². The highest BCUT2D eigenvalue weighted by Crippen LogP contribution is 2.19. The van der Waals surface area contributed by atoms with E-state index in [1.54, 1.807) is 0 Å². The Morgan fingerprint density at radius 3 is 2.18 bits per heavy atom. The normalized spacial score (nSPS) is 20.8. The van der Waals surface area contributed by atoms with Crippen molar-refractivity contribution >= 4 is 5.84 Å². The van der Waals surface area contributed by atoms with Gasteiger partial charge in [-0.1, -0.05) is 25.9 Å². The van der Waals surface area contributed by atoms with Gasteiger partial charge in [0.2, 0.25) is 0 Å². The Kier molecular flexibility index (Phi) is 5.21. The van der Waals surface area contributed by atoms with E-state index in [4.69, 9.17) is 10.9 Å². The van der Waals surface area contributed by atoms with E-state index in [0.29, 0.717) is 17.8 Å². The molecule has 3 N–H and O–H groups in total. The third-order valence-electron chi connectivity index (χ3n) is 3.16. The molecule has 0 aliphatic carbocycles. The molecule has 100 valence electrons. The number of hydrogen-bond donors (Lipinski definition) is 2. The first-order valence-electron chi connectivity index (χ1n) is 6.32. The van der Waals surface area contributed by atoms with Crippen molar-refractivity contribution in [3.63, 3.8) is 0 Å². The molecule has 5 nitrogen and oxygen atoms in total. The summed E-state index contributed by atoms with van der Waals surface area (Å²) in [5, 5.41) is 11.5. The molecule has 0 atom stereocenters. The van der Waals surface area contributed by atoms with Crippen molar-refractivity contribution in [3.05, 3.63) is 0 Å². The van der Waals surface area contributed by atoms with E-state index in [0.717, 1.165) is 26.2 Å². The maximum atomic E-state index is 8.52. The van der Waals surface area contributed by atoms with Gasteiger partial charge in [0, 0.05) is 26.2 Å². The summed E-state index contributed by atoms with van der Waals surface area (Å²) in [4.78, 5) is 4.72. The van der Waals surface area contributed by atoms with Crippen molar-refractivity contribution in [2.24, 2.45) is 16.3 Å². The molecule has 0 radical (unpaired) electrons. The zero-order chi connectivity index (χ0) is 12.9. The number of nitrogens with zero attached hydrogens (tertiary/aromatic N) is 3. The van der Waals surface area contributed by atoms with E-state index in [2.05, 4.69) is 35.7 Å². The highest BCUT2D eigenvalue weighted by atomic mass is 16.4. The van der Waals surface area contributed by atoms with Crippen LogP contribution in [0.1, 0.15) is 27.2 Å². The monoisotopic (exact) mass is 242 g/mol. The van der Waals surface area contributed by atoms with E-state index >= 15 is 0 Å². The summed E-state index contributed by atoms with van der Waals surface area (Å²) in [5.41, 5.74) is 5.91. The van der Waals surface area contributed by atoms with Gasteiger partial charge in [-0.25, -0.2) is 0 Å². The molecule has 0 unspecified atom stereocenters. The predicted octanol–water partition coefficient (Wildman–Crippen LogP) is 0.787. The van der Waals surface area contributed by atoms with E-state index in [-0.39, 0.29) is 0 Å². The van der Waals surface area contributed by atoms with Crippen molar-refractivity contribution in [1.82, 2.24) is 9.80 Å². The number of oxime groups is 1. The predicted molar refractivity (Wildman–Crippen MR) is 70.4 cm³/mol. The first kappa shape index (κ1) is 14.3. The second kappa shape index (κ2) is 6.21. The van der Waals surface area contributed by atoms with Gasteiger partial charge >= 0.3 is 0 Å². The topological polar surface area (TPSA) is 65.1 Å². The van der Waals surface area contributed by atoms with E-state index in [1.807, 2.05) is 0 Å². The fraction of sp³-hybridized carbons (Fsp3) is 0.917. The van der Waals surface area contributed by atoms with Gasteiger partial charge < -0.3 is 15.8 Å². The number of rotatable bonds is 4. The standard InChI is InChI=1S/C12H26N4O/c1-12(2,3)4-5-15-6-8-16(9-7-15)10-11(13)14-17/h17H,4-10H2,1-3H3,(H2,13,14). The maximum absolute atomic E-state index is 8.52. The van der Waals surface area contributed by atoms with Gasteiger partial charge in [-0.2, -0.15) is 0 Å². The van der Waals surface area contributed by atoms with Crippen molar-refractivity contribution in [2.75, 3.05) is 39.3 Å². The van der Waals surface area contributed by atoms with E-state index in [9.17, 15) is 0 Å². The van der Waals surface area contributed by atoms with Gasteiger partial charge in [0.1, 0.15) is 0 Å². The molecule has 1 saturated heterocycles. The molecule has 0 aromatic rings. The fourth-order valence-corrected chi connectivity index (χ4v) is 1.93. The third kappa shape index (κ3) is 5.89. The zero-order valence-corrected chi connectivity index (χ0v) is 11.3. The van der Waals surface area contributed by atoms with Crippen LogP contribution in [0.5, 0.6) is 0 Å². The first-order chi connectivity index (χ1) is 7.90. The summed E-state index contributed by atoms with van der Waals surface area (Å²) < 4.78 is 0. The smallest absolute Gasteiger partial charge is 0.153 e. The summed E-state index contributed by atoms with van der Waals surface area (Å²) in [6.07, 6.45) is 1.23. The Morgan fingerprint density at radius 2 is 1.71 bits per heavy atom. The second-order valence-corrected chi connectivity index (χ2v) is 6.02. The van der Waals surface area contributed by atoms with Crippen LogP contribution in [0.25, 0.3) is 0 Å². The molecule has 0 aromatic carbocycles. The Labute approximate surface area is 104 Å². The summed E-state index contributed by atoms with van der Waals surface area (Å²) in [6.45, 7) is 12.7. The fourth-order valence-electron chi connectivity index (χ4n) is 1.93. The largest absolute Gasteiger partial charge is 0.409 e. The van der Waals surface area contributed by atoms with Crippen LogP contribution in [-0.2, 0) is 0 Å². The number of piperazine rings is 1. The SMILES string of the molecule is CC(C)(C)CCN1CCN(CC(N)=NO)CC1. The highest BCUT2D eigenvalue weighted by Gasteiger charge is 2.19. The Morgan fingerprint density at radius 1 is 1.18 bits per heavy atom. The summed E-state index contributed by atoms with van der Waals surface area (Å²) in [6, 6.07) is 0. The van der Waals surface area contributed by atoms with Crippen LogP contribution in [-0.4, -0.2) is 60.1 Å². The van der Waals surface area contributed by atoms with Crippen LogP contribution in [0.3, 0.4) is 0 Å². The van der Waals surface area contributed by atoms with Crippen LogP contribution in [0.15, 0.2) is 5.16 Å². The molecule has 1 fully saturated rings. The van der Waals surface area contributed by atoms with Crippen LogP contribution in [0.4, 0.5) is 0 Å². The lowest BCUT2D eigenvalue weighted by Crippen LogP contribution is -2.49. The first-order valence-corrected chi connectivity index (χ1v) is 6.32. The Bertz CT molecular complexity index is 252. The molecule has 5 heteroatoms. The van der Waals surface area contributed by atoms with Crippen LogP contribution in [0.2, 0.25) is 0 Å². The zero-order valence-electron chi connectivity index (χ0n) is 11.3. The quantitative estimate of drug-likeness (QED) is 0.331. The summed E-state index contributed by atoms with van der Waals surface area (Å²) >= 11 is 0. The Balaban J connectivity index is 2.22. The maximum Gasteiger partial charge on any atom is 0.153 e. The molecule has 1 aliphatic rings. The van der Waals surface area contributed by atoms with E-state index < -0.39 is 0 Å². The van der Waals surface area contributed by atoms with Gasteiger partial charge in [-0.15, -0.1) is 0 Å². The highest BCUT2D eigenvalue weighted by molar-refractivity contribution is 5.81. The molecule has 0 aromatic heterocycles. The minimum atomic E-state index is 0.299. The number of nitrogens with two attached hydrogens (primary N) is 1. The molecule has 0 amide bonds. The molecule has 0 saturated carbocycles. The van der Waals surface area contributed by atoms with Crippen LogP contribution >= 0.6 is 0 Å². The van der Waals surface area contributed by atoms with Gasteiger partial charge in [0.05, 0.1) is 6.54 Å². The van der Waals surface area contributed by atoms with Gasteiger partial charge in [-0.05, 0) is 18.4 Å². The van der Waals surface area contributed by atoms with Gasteiger partial charge in [0.25, 0.3) is 0 Å². The Hall–Kier alpha value is -0.810. The minimum Gasteiger partial charge on any atom is -0.409 e. The molecule has 0 spiro atoms. The number of amidine groups is 1. The lowest BCUT2D eigenvalue weighted by Gasteiger charge is -2.35. The molecule has 0 bridgehead atoms. The van der Waals surface area contributed by atoms with Crippen molar-refractivity contribution in [2.45, 2.75) is 27.2 Å². The third-order valence-corrected chi connectivity index (χ3v) is 3.16. The molecular weight excluding hydrogens is 216 g/mol. The minimum absolute atomic E-state index is 0.299. The van der Waals surface area contributed by atoms with Crippen LogP contribution < -0.4 is 5.73 Å². The second-order valence-electron chi connectivity index (χ2n) is 6.02. The van der Waals surface area contributed by atoms with Gasteiger partial charge in [0.15, 0.2) is 5.84 Å². The molecule has 17 heavy (non-hydrogen) atoms. The average Bonchev–Trinajstić information content (AvgIpc) is 2.27. The van der Waals surface area contributed by atoms with E-state index in [1.165, 1.54) is 13.0 Å².